The molecule has 0 spiro atoms. The summed E-state index contributed by atoms with van der Waals surface area (Å²) in [5.41, 5.74) is 1.93. The third kappa shape index (κ3) is 6.27. The summed E-state index contributed by atoms with van der Waals surface area (Å²) in [6.45, 7) is 4.63. The van der Waals surface area contributed by atoms with Crippen LogP contribution >= 0.6 is 23.4 Å². The van der Waals surface area contributed by atoms with Crippen molar-refractivity contribution in [1.82, 2.24) is 5.32 Å². The molecule has 1 aliphatic rings. The van der Waals surface area contributed by atoms with E-state index in [1.165, 1.54) is 32.1 Å². The monoisotopic (exact) mass is 355 g/mol. The number of hydrogen-bond donors (Lipinski definition) is 1. The first-order valence-corrected chi connectivity index (χ1v) is 9.77. The highest BCUT2D eigenvalue weighted by Gasteiger charge is 2.13. The Bertz CT molecular complexity index is 507. The molecule has 0 atom stereocenters. The molecule has 0 bridgehead atoms. The molecule has 1 amide bonds. The number of aryl methyl sites for hydroxylation is 2. The average Bonchev–Trinajstić information content (AvgIpc) is 2.55. The number of rotatable bonds is 7. The first-order valence-electron chi connectivity index (χ1n) is 8.34. The molecule has 23 heavy (non-hydrogen) atoms. The van der Waals surface area contributed by atoms with Crippen molar-refractivity contribution in [2.45, 2.75) is 51.2 Å². The minimum Gasteiger partial charge on any atom is -0.484 e. The van der Waals surface area contributed by atoms with Gasteiger partial charge in [0.1, 0.15) is 5.75 Å². The number of hydrogen-bond acceptors (Lipinski definition) is 3. The Labute approximate surface area is 148 Å². The van der Waals surface area contributed by atoms with Gasteiger partial charge in [-0.05, 0) is 49.9 Å². The lowest BCUT2D eigenvalue weighted by Crippen LogP contribution is -2.31. The lowest BCUT2D eigenvalue weighted by atomic mass is 10.0. The van der Waals surface area contributed by atoms with E-state index in [9.17, 15) is 4.79 Å². The minimum absolute atomic E-state index is 0.0502. The molecule has 0 unspecified atom stereocenters. The summed E-state index contributed by atoms with van der Waals surface area (Å²) in [5.74, 6) is 1.60. The second-order valence-electron chi connectivity index (χ2n) is 6.14. The van der Waals surface area contributed by atoms with E-state index in [4.69, 9.17) is 16.3 Å². The molecule has 5 heteroatoms. The van der Waals surface area contributed by atoms with E-state index in [-0.39, 0.29) is 12.5 Å². The largest absolute Gasteiger partial charge is 0.484 e. The summed E-state index contributed by atoms with van der Waals surface area (Å²) in [6, 6.07) is 3.73. The van der Waals surface area contributed by atoms with Crippen molar-refractivity contribution in [2.75, 3.05) is 18.9 Å². The molecule has 2 rings (SSSR count). The van der Waals surface area contributed by atoms with Crippen molar-refractivity contribution in [2.24, 2.45) is 0 Å². The van der Waals surface area contributed by atoms with Gasteiger partial charge in [-0.2, -0.15) is 11.8 Å². The number of nitrogens with one attached hydrogen (secondary N) is 1. The van der Waals surface area contributed by atoms with Crippen molar-refractivity contribution in [3.05, 3.63) is 28.3 Å². The molecule has 1 aliphatic carbocycles. The zero-order valence-electron chi connectivity index (χ0n) is 14.0. The maximum atomic E-state index is 11.8. The molecular formula is C18H26ClNO2S. The highest BCUT2D eigenvalue weighted by atomic mass is 35.5. The SMILES string of the molecule is Cc1cc(OCC(=O)NCCSC2CCCCC2)cc(C)c1Cl. The Morgan fingerprint density at radius 3 is 2.57 bits per heavy atom. The third-order valence-electron chi connectivity index (χ3n) is 4.11. The van der Waals surface area contributed by atoms with Crippen LogP contribution in [0.3, 0.4) is 0 Å². The molecular weight excluding hydrogens is 330 g/mol. The summed E-state index contributed by atoms with van der Waals surface area (Å²) in [6.07, 6.45) is 6.76. The zero-order chi connectivity index (χ0) is 16.7. The summed E-state index contributed by atoms with van der Waals surface area (Å²) in [7, 11) is 0. The molecule has 128 valence electrons. The van der Waals surface area contributed by atoms with Gasteiger partial charge in [0.05, 0.1) is 0 Å². The lowest BCUT2D eigenvalue weighted by molar-refractivity contribution is -0.122. The first kappa shape index (κ1) is 18.5. The molecule has 0 aliphatic heterocycles. The van der Waals surface area contributed by atoms with E-state index in [0.29, 0.717) is 12.3 Å². The van der Waals surface area contributed by atoms with Gasteiger partial charge in [0.25, 0.3) is 5.91 Å². The van der Waals surface area contributed by atoms with Crippen LogP contribution in [0.15, 0.2) is 12.1 Å². The fourth-order valence-electron chi connectivity index (χ4n) is 2.84. The molecule has 0 radical (unpaired) electrons. The van der Waals surface area contributed by atoms with Gasteiger partial charge in [-0.1, -0.05) is 30.9 Å². The Morgan fingerprint density at radius 2 is 1.91 bits per heavy atom. The standard InChI is InChI=1S/C18H26ClNO2S/c1-13-10-15(11-14(2)18(13)19)22-12-17(21)20-8-9-23-16-6-4-3-5-7-16/h10-11,16H,3-9,12H2,1-2H3,(H,20,21). The summed E-state index contributed by atoms with van der Waals surface area (Å²) in [5, 5.41) is 4.46. The van der Waals surface area contributed by atoms with Crippen LogP contribution in [0.1, 0.15) is 43.2 Å². The molecule has 1 saturated carbocycles. The topological polar surface area (TPSA) is 38.3 Å². The van der Waals surface area contributed by atoms with E-state index in [2.05, 4.69) is 5.32 Å². The fourth-order valence-corrected chi connectivity index (χ4v) is 4.17. The number of benzene rings is 1. The van der Waals surface area contributed by atoms with Crippen LogP contribution in [-0.2, 0) is 4.79 Å². The summed E-state index contributed by atoms with van der Waals surface area (Å²) in [4.78, 5) is 11.8. The van der Waals surface area contributed by atoms with Gasteiger partial charge in [-0.3, -0.25) is 4.79 Å². The van der Waals surface area contributed by atoms with Gasteiger partial charge in [0.15, 0.2) is 6.61 Å². The highest BCUT2D eigenvalue weighted by molar-refractivity contribution is 7.99. The van der Waals surface area contributed by atoms with Gasteiger partial charge >= 0.3 is 0 Å². The molecule has 1 fully saturated rings. The molecule has 1 N–H and O–H groups in total. The molecule has 3 nitrogen and oxygen atoms in total. The Hall–Kier alpha value is -0.870. The molecule has 0 saturated heterocycles. The maximum Gasteiger partial charge on any atom is 0.257 e. The smallest absolute Gasteiger partial charge is 0.257 e. The van der Waals surface area contributed by atoms with Gasteiger partial charge in [-0.15, -0.1) is 0 Å². The van der Waals surface area contributed by atoms with Crippen LogP contribution in [0.25, 0.3) is 0 Å². The number of amides is 1. The number of carbonyl (C=O) groups excluding carboxylic acids is 1. The van der Waals surface area contributed by atoms with Crippen molar-refractivity contribution in [3.8, 4) is 5.75 Å². The predicted octanol–water partition coefficient (Wildman–Crippen LogP) is 4.52. The normalized spacial score (nSPS) is 15.4. The van der Waals surface area contributed by atoms with Gasteiger partial charge in [0, 0.05) is 22.6 Å². The molecule has 0 aromatic heterocycles. The minimum atomic E-state index is -0.0699. The van der Waals surface area contributed by atoms with Crippen molar-refractivity contribution < 1.29 is 9.53 Å². The first-order chi connectivity index (χ1) is 11.1. The average molecular weight is 356 g/mol. The van der Waals surface area contributed by atoms with Crippen LogP contribution in [0.2, 0.25) is 5.02 Å². The molecule has 1 aromatic rings. The quantitative estimate of drug-likeness (QED) is 0.731. The predicted molar refractivity (Wildman–Crippen MR) is 98.8 cm³/mol. The van der Waals surface area contributed by atoms with Crippen molar-refractivity contribution >= 4 is 29.3 Å². The van der Waals surface area contributed by atoms with Crippen molar-refractivity contribution in [3.63, 3.8) is 0 Å². The Kier molecular flexibility index (Phi) is 7.57. The number of thioether (sulfide) groups is 1. The zero-order valence-corrected chi connectivity index (χ0v) is 15.6. The second-order valence-corrected chi connectivity index (χ2v) is 7.93. The van der Waals surface area contributed by atoms with Crippen LogP contribution in [0.4, 0.5) is 0 Å². The van der Waals surface area contributed by atoms with Gasteiger partial charge < -0.3 is 10.1 Å². The van der Waals surface area contributed by atoms with Crippen molar-refractivity contribution in [1.29, 1.82) is 0 Å². The highest BCUT2D eigenvalue weighted by Crippen LogP contribution is 2.28. The summed E-state index contributed by atoms with van der Waals surface area (Å²) >= 11 is 8.11. The van der Waals surface area contributed by atoms with Crippen LogP contribution in [-0.4, -0.2) is 30.1 Å². The maximum absolute atomic E-state index is 11.8. The van der Waals surface area contributed by atoms with Gasteiger partial charge in [-0.25, -0.2) is 0 Å². The third-order valence-corrected chi connectivity index (χ3v) is 6.09. The Morgan fingerprint density at radius 1 is 1.26 bits per heavy atom. The lowest BCUT2D eigenvalue weighted by Gasteiger charge is -2.20. The summed E-state index contributed by atoms with van der Waals surface area (Å²) < 4.78 is 5.55. The van der Waals surface area contributed by atoms with E-state index in [0.717, 1.165) is 27.2 Å². The number of ether oxygens (including phenoxy) is 1. The van der Waals surface area contributed by atoms with E-state index in [1.54, 1.807) is 0 Å². The molecule has 1 aromatic carbocycles. The van der Waals surface area contributed by atoms with Crippen LogP contribution < -0.4 is 10.1 Å². The van der Waals surface area contributed by atoms with Gasteiger partial charge in [0.2, 0.25) is 0 Å². The second kappa shape index (κ2) is 9.43. The number of halogens is 1. The van der Waals surface area contributed by atoms with E-state index in [1.807, 2.05) is 37.7 Å². The molecule has 0 heterocycles. The fraction of sp³-hybridized carbons (Fsp3) is 0.611. The van der Waals surface area contributed by atoms with E-state index < -0.39 is 0 Å². The van der Waals surface area contributed by atoms with E-state index >= 15 is 0 Å². The number of carbonyl (C=O) groups is 1. The van der Waals surface area contributed by atoms with Crippen LogP contribution in [0, 0.1) is 13.8 Å². The van der Waals surface area contributed by atoms with Crippen LogP contribution in [0.5, 0.6) is 5.75 Å². The Balaban J connectivity index is 1.63.